The molecule has 0 spiro atoms. The smallest absolute Gasteiger partial charge is 0.408 e. The van der Waals surface area contributed by atoms with Crippen LogP contribution in [0.25, 0.3) is 0 Å². The summed E-state index contributed by atoms with van der Waals surface area (Å²) >= 11 is 0. The van der Waals surface area contributed by atoms with Crippen LogP contribution in [0.4, 0.5) is 22.4 Å². The van der Waals surface area contributed by atoms with Crippen LogP contribution >= 0.6 is 0 Å². The number of nitrogens with one attached hydrogen (secondary N) is 1. The molecular weight excluding hydrogens is 430 g/mol. The molecule has 0 heterocycles. The number of hydrogen-bond acceptors (Lipinski definition) is 4. The van der Waals surface area contributed by atoms with E-state index in [4.69, 9.17) is 9.47 Å². The van der Waals surface area contributed by atoms with Gasteiger partial charge in [0.1, 0.15) is 41.0 Å². The van der Waals surface area contributed by atoms with E-state index < -0.39 is 59.0 Å². The molecule has 5 nitrogen and oxygen atoms in total. The molecule has 2 atom stereocenters. The largest absolute Gasteiger partial charge is 0.460 e. The molecule has 0 saturated carbocycles. The lowest BCUT2D eigenvalue weighted by Crippen LogP contribution is -2.43. The summed E-state index contributed by atoms with van der Waals surface area (Å²) in [5.74, 6) is -5.76. The number of amides is 1. The van der Waals surface area contributed by atoms with Crippen molar-refractivity contribution >= 4 is 12.1 Å². The number of alkyl carbamates (subject to hydrolysis) is 1. The average Bonchev–Trinajstić information content (AvgIpc) is 2.63. The number of carbonyl (C=O) groups excluding carboxylic acids is 2. The first-order chi connectivity index (χ1) is 14.8. The summed E-state index contributed by atoms with van der Waals surface area (Å²) < 4.78 is 66.3. The monoisotopic (exact) mass is 455 g/mol. The Bertz CT molecular complexity index is 939. The van der Waals surface area contributed by atoms with Crippen LogP contribution < -0.4 is 5.32 Å². The van der Waals surface area contributed by atoms with Gasteiger partial charge in [-0.3, -0.25) is 0 Å². The van der Waals surface area contributed by atoms with Gasteiger partial charge >= 0.3 is 12.1 Å². The molecule has 32 heavy (non-hydrogen) atoms. The number of ether oxygens (including phenoxy) is 2. The van der Waals surface area contributed by atoms with Gasteiger partial charge in [-0.1, -0.05) is 12.1 Å². The van der Waals surface area contributed by atoms with E-state index in [1.165, 1.54) is 13.8 Å². The van der Waals surface area contributed by atoms with Gasteiger partial charge in [-0.2, -0.15) is 0 Å². The number of halogens is 4. The van der Waals surface area contributed by atoms with Crippen molar-refractivity contribution in [2.75, 3.05) is 0 Å². The number of carbonyl (C=O) groups is 2. The molecule has 2 aromatic carbocycles. The summed E-state index contributed by atoms with van der Waals surface area (Å²) in [5.41, 5.74) is -1.08. The molecule has 174 valence electrons. The highest BCUT2D eigenvalue weighted by molar-refractivity contribution is 5.81. The molecule has 0 aliphatic rings. The molecule has 1 N–H and O–H groups in total. The highest BCUT2D eigenvalue weighted by Crippen LogP contribution is 2.34. The highest BCUT2D eigenvalue weighted by atomic mass is 19.1. The van der Waals surface area contributed by atoms with Gasteiger partial charge in [0.25, 0.3) is 0 Å². The highest BCUT2D eigenvalue weighted by Gasteiger charge is 2.31. The molecule has 0 saturated heterocycles. The van der Waals surface area contributed by atoms with Crippen molar-refractivity contribution in [2.45, 2.75) is 58.3 Å². The number of benzene rings is 2. The fourth-order valence-corrected chi connectivity index (χ4v) is 3.08. The molecule has 0 bridgehead atoms. The summed E-state index contributed by atoms with van der Waals surface area (Å²) in [7, 11) is 0. The molecular formula is C23H25F4NO4. The predicted molar refractivity (Wildman–Crippen MR) is 109 cm³/mol. The molecule has 9 heteroatoms. The van der Waals surface area contributed by atoms with E-state index in [1.54, 1.807) is 20.8 Å². The molecule has 1 amide bonds. The SMILES string of the molecule is C[C@H](NC(=O)OC(C)(C)C)C(=O)O[C@@H](C)C(c1ccc(F)cc1F)c1ccc(F)cc1F. The summed E-state index contributed by atoms with van der Waals surface area (Å²) in [6, 6.07) is 4.26. The zero-order chi connectivity index (χ0) is 24.2. The van der Waals surface area contributed by atoms with Crippen LogP contribution in [0.3, 0.4) is 0 Å². The lowest BCUT2D eigenvalue weighted by molar-refractivity contribution is -0.151. The minimum absolute atomic E-state index is 0.148. The van der Waals surface area contributed by atoms with Crippen molar-refractivity contribution in [3.8, 4) is 0 Å². The van der Waals surface area contributed by atoms with Gasteiger partial charge in [0.2, 0.25) is 0 Å². The van der Waals surface area contributed by atoms with Crippen LogP contribution in [-0.2, 0) is 14.3 Å². The average molecular weight is 455 g/mol. The summed E-state index contributed by atoms with van der Waals surface area (Å²) in [5, 5.41) is 2.31. The van der Waals surface area contributed by atoms with Crippen LogP contribution in [0.15, 0.2) is 36.4 Å². The predicted octanol–water partition coefficient (Wildman–Crippen LogP) is 5.22. The Balaban J connectivity index is 2.29. The van der Waals surface area contributed by atoms with Gasteiger partial charge < -0.3 is 14.8 Å². The minimum atomic E-state index is -1.21. The summed E-state index contributed by atoms with van der Waals surface area (Å²) in [6.45, 7) is 7.68. The van der Waals surface area contributed by atoms with E-state index in [2.05, 4.69) is 5.32 Å². The van der Waals surface area contributed by atoms with E-state index in [-0.39, 0.29) is 11.1 Å². The molecule has 0 aliphatic heterocycles. The first kappa shape index (κ1) is 25.2. The molecule has 0 fully saturated rings. The van der Waals surface area contributed by atoms with E-state index in [9.17, 15) is 27.2 Å². The third-order valence-corrected chi connectivity index (χ3v) is 4.45. The Kier molecular flexibility index (Phi) is 7.87. The fraction of sp³-hybridized carbons (Fsp3) is 0.391. The molecule has 2 rings (SSSR count). The van der Waals surface area contributed by atoms with E-state index in [1.807, 2.05) is 0 Å². The number of hydrogen-bond donors (Lipinski definition) is 1. The van der Waals surface area contributed by atoms with Crippen LogP contribution in [0, 0.1) is 23.3 Å². The summed E-state index contributed by atoms with van der Waals surface area (Å²) in [4.78, 5) is 24.4. The molecule has 2 aromatic rings. The minimum Gasteiger partial charge on any atom is -0.460 e. The first-order valence-corrected chi connectivity index (χ1v) is 9.88. The first-order valence-electron chi connectivity index (χ1n) is 9.88. The molecule has 0 unspecified atom stereocenters. The quantitative estimate of drug-likeness (QED) is 0.479. The third-order valence-electron chi connectivity index (χ3n) is 4.45. The lowest BCUT2D eigenvalue weighted by Gasteiger charge is -2.27. The van der Waals surface area contributed by atoms with Crippen LogP contribution in [0.1, 0.15) is 51.7 Å². The van der Waals surface area contributed by atoms with Crippen LogP contribution in [0.2, 0.25) is 0 Å². The Morgan fingerprint density at radius 2 is 1.34 bits per heavy atom. The fourth-order valence-electron chi connectivity index (χ4n) is 3.08. The number of esters is 1. The van der Waals surface area contributed by atoms with E-state index >= 15 is 0 Å². The summed E-state index contributed by atoms with van der Waals surface area (Å²) in [6.07, 6.45) is -2.01. The van der Waals surface area contributed by atoms with Gasteiger partial charge in [0.05, 0.1) is 5.92 Å². The molecule has 0 radical (unpaired) electrons. The maximum atomic E-state index is 14.5. The van der Waals surface area contributed by atoms with Crippen molar-refractivity contribution in [1.29, 1.82) is 0 Å². The van der Waals surface area contributed by atoms with Gasteiger partial charge in [0, 0.05) is 12.1 Å². The van der Waals surface area contributed by atoms with Crippen molar-refractivity contribution < 1.29 is 36.6 Å². The van der Waals surface area contributed by atoms with Gasteiger partial charge in [-0.15, -0.1) is 0 Å². The lowest BCUT2D eigenvalue weighted by atomic mass is 9.86. The zero-order valence-corrected chi connectivity index (χ0v) is 18.3. The van der Waals surface area contributed by atoms with Crippen LogP contribution in [0.5, 0.6) is 0 Å². The maximum absolute atomic E-state index is 14.5. The topological polar surface area (TPSA) is 64.6 Å². The standard InChI is InChI=1S/C23H25F4NO4/c1-12(28-22(30)32-23(3,4)5)21(29)31-13(2)20(16-8-6-14(24)10-18(16)26)17-9-7-15(25)11-19(17)27/h6-13,20H,1-5H3,(H,28,30)/t12-,13-/m0/s1. The van der Waals surface area contributed by atoms with Gasteiger partial charge in [-0.05, 0) is 57.9 Å². The Morgan fingerprint density at radius 3 is 1.75 bits per heavy atom. The normalized spacial score (nSPS) is 13.4. The zero-order valence-electron chi connectivity index (χ0n) is 18.3. The second-order valence-electron chi connectivity index (χ2n) is 8.32. The second-order valence-corrected chi connectivity index (χ2v) is 8.32. The number of rotatable bonds is 6. The second kappa shape index (κ2) is 10.0. The molecule has 0 aromatic heterocycles. The molecule has 0 aliphatic carbocycles. The van der Waals surface area contributed by atoms with Crippen molar-refractivity contribution in [1.82, 2.24) is 5.32 Å². The van der Waals surface area contributed by atoms with Crippen molar-refractivity contribution in [2.24, 2.45) is 0 Å². The Morgan fingerprint density at radius 1 is 0.875 bits per heavy atom. The van der Waals surface area contributed by atoms with E-state index in [0.717, 1.165) is 24.3 Å². The van der Waals surface area contributed by atoms with Crippen LogP contribution in [-0.4, -0.2) is 29.8 Å². The van der Waals surface area contributed by atoms with Crippen molar-refractivity contribution in [3.63, 3.8) is 0 Å². The maximum Gasteiger partial charge on any atom is 0.408 e. The Hall–Kier alpha value is -3.10. The van der Waals surface area contributed by atoms with Crippen molar-refractivity contribution in [3.05, 3.63) is 70.8 Å². The third kappa shape index (κ3) is 6.70. The van der Waals surface area contributed by atoms with Gasteiger partial charge in [-0.25, -0.2) is 27.2 Å². The Labute approximate surface area is 183 Å². The van der Waals surface area contributed by atoms with E-state index in [0.29, 0.717) is 12.1 Å². The van der Waals surface area contributed by atoms with Gasteiger partial charge in [0.15, 0.2) is 0 Å².